The van der Waals surface area contributed by atoms with E-state index in [1.807, 2.05) is 42.5 Å². The number of hydrogen-bond acceptors (Lipinski definition) is 3. The lowest BCUT2D eigenvalue weighted by atomic mass is 10.1. The topological polar surface area (TPSA) is 36.3 Å². The number of anilines is 1. The van der Waals surface area contributed by atoms with Crippen LogP contribution in [0.1, 0.15) is 11.1 Å². The summed E-state index contributed by atoms with van der Waals surface area (Å²) in [5, 5.41) is 9.15. The van der Waals surface area contributed by atoms with E-state index in [9.17, 15) is 0 Å². The standard InChI is InChI=1S/C16H14N2O/c17-11-13-5-1-2-6-14(13)12-18-9-10-19-16-8-4-3-7-15(16)18/h1-8H,9-10,12H2. The van der Waals surface area contributed by atoms with Crippen LogP contribution < -0.4 is 9.64 Å². The molecule has 3 heteroatoms. The first-order chi connectivity index (χ1) is 9.38. The molecule has 0 atom stereocenters. The fourth-order valence-corrected chi connectivity index (χ4v) is 2.36. The van der Waals surface area contributed by atoms with E-state index in [4.69, 9.17) is 10.00 Å². The van der Waals surface area contributed by atoms with Crippen LogP contribution in [-0.4, -0.2) is 13.2 Å². The van der Waals surface area contributed by atoms with E-state index < -0.39 is 0 Å². The maximum absolute atomic E-state index is 9.15. The molecule has 0 saturated heterocycles. The summed E-state index contributed by atoms with van der Waals surface area (Å²) in [6, 6.07) is 18.0. The number of rotatable bonds is 2. The molecule has 0 spiro atoms. The normalized spacial score (nSPS) is 13.3. The average Bonchev–Trinajstić information content (AvgIpc) is 2.48. The summed E-state index contributed by atoms with van der Waals surface area (Å²) in [4.78, 5) is 2.26. The van der Waals surface area contributed by atoms with Gasteiger partial charge < -0.3 is 9.64 Å². The molecule has 94 valence electrons. The smallest absolute Gasteiger partial charge is 0.142 e. The number of hydrogen-bond donors (Lipinski definition) is 0. The third kappa shape index (κ3) is 2.25. The minimum Gasteiger partial charge on any atom is -0.490 e. The maximum atomic E-state index is 9.15. The van der Waals surface area contributed by atoms with Crippen LogP contribution in [0.2, 0.25) is 0 Å². The van der Waals surface area contributed by atoms with Crippen molar-refractivity contribution in [2.45, 2.75) is 6.54 Å². The fraction of sp³-hybridized carbons (Fsp3) is 0.188. The van der Waals surface area contributed by atoms with E-state index >= 15 is 0 Å². The Morgan fingerprint density at radius 2 is 1.89 bits per heavy atom. The van der Waals surface area contributed by atoms with Crippen LogP contribution in [0.5, 0.6) is 5.75 Å². The minimum atomic E-state index is 0.686. The highest BCUT2D eigenvalue weighted by Crippen LogP contribution is 2.32. The van der Waals surface area contributed by atoms with Gasteiger partial charge >= 0.3 is 0 Å². The maximum Gasteiger partial charge on any atom is 0.142 e. The van der Waals surface area contributed by atoms with Crippen molar-refractivity contribution >= 4 is 5.69 Å². The molecule has 0 N–H and O–H groups in total. The van der Waals surface area contributed by atoms with Gasteiger partial charge in [-0.3, -0.25) is 0 Å². The lowest BCUT2D eigenvalue weighted by molar-refractivity contribution is 0.307. The van der Waals surface area contributed by atoms with Gasteiger partial charge in [0.2, 0.25) is 0 Å². The molecule has 0 aromatic heterocycles. The van der Waals surface area contributed by atoms with Crippen LogP contribution >= 0.6 is 0 Å². The molecule has 2 aromatic rings. The zero-order valence-corrected chi connectivity index (χ0v) is 10.5. The SMILES string of the molecule is N#Cc1ccccc1CN1CCOc2ccccc21. The molecule has 3 nitrogen and oxygen atoms in total. The number of fused-ring (bicyclic) bond motifs is 1. The van der Waals surface area contributed by atoms with Crippen LogP contribution in [0.15, 0.2) is 48.5 Å². The van der Waals surface area contributed by atoms with Crippen LogP contribution in [0.3, 0.4) is 0 Å². The lowest BCUT2D eigenvalue weighted by Gasteiger charge is -2.31. The van der Waals surface area contributed by atoms with E-state index in [1.165, 1.54) is 0 Å². The average molecular weight is 250 g/mol. The second-order valence-corrected chi connectivity index (χ2v) is 4.51. The highest BCUT2D eigenvalue weighted by molar-refractivity contribution is 5.60. The van der Waals surface area contributed by atoms with Crippen LogP contribution in [0.4, 0.5) is 5.69 Å². The van der Waals surface area contributed by atoms with Crippen molar-refractivity contribution in [1.29, 1.82) is 5.26 Å². The third-order valence-corrected chi connectivity index (χ3v) is 3.32. The Morgan fingerprint density at radius 3 is 2.79 bits per heavy atom. The highest BCUT2D eigenvalue weighted by Gasteiger charge is 2.18. The molecule has 0 saturated carbocycles. The number of nitrogens with zero attached hydrogens (tertiary/aromatic N) is 2. The largest absolute Gasteiger partial charge is 0.490 e. The lowest BCUT2D eigenvalue weighted by Crippen LogP contribution is -2.32. The van der Waals surface area contributed by atoms with Gasteiger partial charge in [0.1, 0.15) is 12.4 Å². The number of nitriles is 1. The van der Waals surface area contributed by atoms with Crippen molar-refractivity contribution in [3.05, 3.63) is 59.7 Å². The molecule has 2 aromatic carbocycles. The van der Waals surface area contributed by atoms with Crippen LogP contribution in [-0.2, 0) is 6.54 Å². The molecular formula is C16H14N2O. The summed E-state index contributed by atoms with van der Waals surface area (Å²) in [6.07, 6.45) is 0. The van der Waals surface area contributed by atoms with Crippen molar-refractivity contribution in [3.63, 3.8) is 0 Å². The van der Waals surface area contributed by atoms with Gasteiger partial charge in [0, 0.05) is 6.54 Å². The van der Waals surface area contributed by atoms with Crippen LogP contribution in [0.25, 0.3) is 0 Å². The quantitative estimate of drug-likeness (QED) is 0.822. The molecule has 0 fully saturated rings. The van der Waals surface area contributed by atoms with E-state index in [2.05, 4.69) is 17.0 Å². The molecule has 1 heterocycles. The predicted molar refractivity (Wildman–Crippen MR) is 74.1 cm³/mol. The van der Waals surface area contributed by atoms with Gasteiger partial charge in [-0.05, 0) is 23.8 Å². The summed E-state index contributed by atoms with van der Waals surface area (Å²) < 4.78 is 5.64. The number of ether oxygens (including phenoxy) is 1. The van der Waals surface area contributed by atoms with E-state index in [1.54, 1.807) is 0 Å². The molecule has 1 aliphatic rings. The minimum absolute atomic E-state index is 0.686. The molecule has 1 aliphatic heterocycles. The van der Waals surface area contributed by atoms with Gasteiger partial charge in [-0.25, -0.2) is 0 Å². The first kappa shape index (κ1) is 11.6. The third-order valence-electron chi connectivity index (χ3n) is 3.32. The second kappa shape index (κ2) is 5.03. The molecule has 0 bridgehead atoms. The van der Waals surface area contributed by atoms with Crippen molar-refractivity contribution in [1.82, 2.24) is 0 Å². The van der Waals surface area contributed by atoms with Gasteiger partial charge in [-0.15, -0.1) is 0 Å². The van der Waals surface area contributed by atoms with Gasteiger partial charge in [0.05, 0.1) is 23.9 Å². The van der Waals surface area contributed by atoms with Crippen molar-refractivity contribution < 1.29 is 4.74 Å². The van der Waals surface area contributed by atoms with Gasteiger partial charge in [-0.1, -0.05) is 30.3 Å². The van der Waals surface area contributed by atoms with E-state index in [0.717, 1.165) is 35.7 Å². The van der Waals surface area contributed by atoms with E-state index in [-0.39, 0.29) is 0 Å². The Labute approximate surface area is 112 Å². The van der Waals surface area contributed by atoms with Gasteiger partial charge in [-0.2, -0.15) is 5.26 Å². The fourth-order valence-electron chi connectivity index (χ4n) is 2.36. The Balaban J connectivity index is 1.91. The van der Waals surface area contributed by atoms with E-state index in [0.29, 0.717) is 6.61 Å². The molecule has 0 radical (unpaired) electrons. The number of benzene rings is 2. The summed E-state index contributed by atoms with van der Waals surface area (Å²) in [6.45, 7) is 2.27. The summed E-state index contributed by atoms with van der Waals surface area (Å²) >= 11 is 0. The molecule has 0 unspecified atom stereocenters. The van der Waals surface area contributed by atoms with Crippen molar-refractivity contribution in [3.8, 4) is 11.8 Å². The first-order valence-electron chi connectivity index (χ1n) is 6.33. The molecular weight excluding hydrogens is 236 g/mol. The Morgan fingerprint density at radius 1 is 1.11 bits per heavy atom. The first-order valence-corrected chi connectivity index (χ1v) is 6.33. The highest BCUT2D eigenvalue weighted by atomic mass is 16.5. The Hall–Kier alpha value is -2.47. The predicted octanol–water partition coefficient (Wildman–Crippen LogP) is 2.96. The van der Waals surface area contributed by atoms with Gasteiger partial charge in [0.25, 0.3) is 0 Å². The second-order valence-electron chi connectivity index (χ2n) is 4.51. The monoisotopic (exact) mass is 250 g/mol. The van der Waals surface area contributed by atoms with Gasteiger partial charge in [0.15, 0.2) is 0 Å². The molecule has 3 rings (SSSR count). The summed E-state index contributed by atoms with van der Waals surface area (Å²) in [5.41, 5.74) is 2.90. The van der Waals surface area contributed by atoms with Crippen molar-refractivity contribution in [2.24, 2.45) is 0 Å². The molecule has 19 heavy (non-hydrogen) atoms. The zero-order chi connectivity index (χ0) is 13.1. The molecule has 0 aliphatic carbocycles. The van der Waals surface area contributed by atoms with Crippen LogP contribution in [0, 0.1) is 11.3 Å². The number of para-hydroxylation sites is 2. The summed E-state index contributed by atoms with van der Waals surface area (Å²) in [7, 11) is 0. The van der Waals surface area contributed by atoms with Crippen molar-refractivity contribution in [2.75, 3.05) is 18.1 Å². The Bertz CT molecular complexity index is 631. The Kier molecular flexibility index (Phi) is 3.07. The summed E-state index contributed by atoms with van der Waals surface area (Å²) in [5.74, 6) is 0.920. The zero-order valence-electron chi connectivity index (χ0n) is 10.5. The molecule has 0 amide bonds.